The molecule has 150 valence electrons. The molecule has 1 fully saturated rings. The van der Waals surface area contributed by atoms with Gasteiger partial charge in [0.15, 0.2) is 0 Å². The van der Waals surface area contributed by atoms with Crippen LogP contribution < -0.4 is 10.2 Å². The number of nitrogens with zero attached hydrogens (tertiary/aromatic N) is 2. The van der Waals surface area contributed by atoms with E-state index >= 15 is 0 Å². The second-order valence-electron chi connectivity index (χ2n) is 6.96. The molecule has 0 radical (unpaired) electrons. The van der Waals surface area contributed by atoms with E-state index in [0.29, 0.717) is 19.8 Å². The Morgan fingerprint density at radius 1 is 1.21 bits per heavy atom. The maximum absolute atomic E-state index is 14.0. The summed E-state index contributed by atoms with van der Waals surface area (Å²) in [6.07, 6.45) is 0. The third-order valence-electron chi connectivity index (χ3n) is 4.93. The lowest BCUT2D eigenvalue weighted by atomic mass is 10.0. The first-order valence-electron chi connectivity index (χ1n) is 9.28. The number of hydrogen-bond donors (Lipinski definition) is 1. The number of anilines is 1. The van der Waals surface area contributed by atoms with Crippen LogP contribution in [0.3, 0.4) is 0 Å². The Kier molecular flexibility index (Phi) is 6.88. The van der Waals surface area contributed by atoms with E-state index in [4.69, 9.17) is 16.3 Å². The molecule has 5 nitrogen and oxygen atoms in total. The van der Waals surface area contributed by atoms with Crippen molar-refractivity contribution in [3.05, 3.63) is 64.4 Å². The molecule has 3 rings (SSSR count). The minimum Gasteiger partial charge on any atom is -0.379 e. The standard InChI is InChI=1S/C21H25ClFN3O2/c1-25(2)16-8-6-15(7-9-16)19(26-10-12-28-13-11-26)14-24-21(27)20-17(22)4-3-5-18(20)23/h3-9,19H,10-14H2,1-2H3,(H,24,27)/t19-/m1/s1. The zero-order valence-corrected chi connectivity index (χ0v) is 16.9. The van der Waals surface area contributed by atoms with Gasteiger partial charge in [0, 0.05) is 39.4 Å². The van der Waals surface area contributed by atoms with Gasteiger partial charge in [-0.2, -0.15) is 0 Å². The number of morpholine rings is 1. The van der Waals surface area contributed by atoms with E-state index in [0.717, 1.165) is 24.3 Å². The average Bonchev–Trinajstić information content (AvgIpc) is 2.69. The SMILES string of the molecule is CN(C)c1ccc([C@@H](CNC(=O)c2c(F)cccc2Cl)N2CCOCC2)cc1. The van der Waals surface area contributed by atoms with Crippen molar-refractivity contribution >= 4 is 23.2 Å². The van der Waals surface area contributed by atoms with Gasteiger partial charge in [0.25, 0.3) is 5.91 Å². The third-order valence-corrected chi connectivity index (χ3v) is 5.24. The van der Waals surface area contributed by atoms with Gasteiger partial charge in [0.05, 0.1) is 29.8 Å². The van der Waals surface area contributed by atoms with Gasteiger partial charge < -0.3 is 15.0 Å². The van der Waals surface area contributed by atoms with Crippen molar-refractivity contribution in [3.63, 3.8) is 0 Å². The van der Waals surface area contributed by atoms with Gasteiger partial charge in [-0.1, -0.05) is 29.8 Å². The predicted octanol–water partition coefficient (Wildman–Crippen LogP) is 3.35. The zero-order chi connectivity index (χ0) is 20.1. The molecule has 2 aromatic carbocycles. The molecule has 1 atom stereocenters. The fraction of sp³-hybridized carbons (Fsp3) is 0.381. The van der Waals surface area contributed by atoms with Crippen LogP contribution in [0.15, 0.2) is 42.5 Å². The Balaban J connectivity index is 1.78. The van der Waals surface area contributed by atoms with Crippen LogP contribution >= 0.6 is 11.6 Å². The number of benzene rings is 2. The molecule has 1 saturated heterocycles. The Bertz CT molecular complexity index is 788. The van der Waals surface area contributed by atoms with Gasteiger partial charge in [-0.05, 0) is 29.8 Å². The van der Waals surface area contributed by atoms with Crippen molar-refractivity contribution in [2.45, 2.75) is 6.04 Å². The summed E-state index contributed by atoms with van der Waals surface area (Å²) in [5, 5.41) is 2.96. The molecule has 0 saturated carbocycles. The summed E-state index contributed by atoms with van der Waals surface area (Å²) >= 11 is 6.02. The Morgan fingerprint density at radius 2 is 1.89 bits per heavy atom. The Morgan fingerprint density at radius 3 is 2.50 bits per heavy atom. The summed E-state index contributed by atoms with van der Waals surface area (Å²) < 4.78 is 19.5. The highest BCUT2D eigenvalue weighted by Crippen LogP contribution is 2.24. The van der Waals surface area contributed by atoms with Crippen molar-refractivity contribution in [1.82, 2.24) is 10.2 Å². The largest absolute Gasteiger partial charge is 0.379 e. The van der Waals surface area contributed by atoms with Gasteiger partial charge in [-0.25, -0.2) is 4.39 Å². The lowest BCUT2D eigenvalue weighted by molar-refractivity contribution is 0.0162. The Hall–Kier alpha value is -2.15. The van der Waals surface area contributed by atoms with Crippen LogP contribution in [-0.2, 0) is 4.74 Å². The number of hydrogen-bond acceptors (Lipinski definition) is 4. The van der Waals surface area contributed by atoms with E-state index in [2.05, 4.69) is 34.5 Å². The Labute approximate surface area is 170 Å². The van der Waals surface area contributed by atoms with Crippen LogP contribution in [0.25, 0.3) is 0 Å². The summed E-state index contributed by atoms with van der Waals surface area (Å²) in [6, 6.07) is 12.4. The lowest BCUT2D eigenvalue weighted by Gasteiger charge is -2.35. The molecule has 2 aromatic rings. The first-order chi connectivity index (χ1) is 13.5. The monoisotopic (exact) mass is 405 g/mol. The molecular formula is C21H25ClFN3O2. The lowest BCUT2D eigenvalue weighted by Crippen LogP contribution is -2.44. The molecule has 0 bridgehead atoms. The van der Waals surface area contributed by atoms with Crippen molar-refractivity contribution in [3.8, 4) is 0 Å². The van der Waals surface area contributed by atoms with Crippen molar-refractivity contribution in [1.29, 1.82) is 0 Å². The number of rotatable bonds is 6. The minimum absolute atomic E-state index is 0.0328. The summed E-state index contributed by atoms with van der Waals surface area (Å²) in [7, 11) is 3.99. The van der Waals surface area contributed by atoms with Crippen LogP contribution in [0.1, 0.15) is 22.0 Å². The summed E-state index contributed by atoms with van der Waals surface area (Å²) in [4.78, 5) is 16.9. The van der Waals surface area contributed by atoms with Gasteiger partial charge in [-0.3, -0.25) is 9.69 Å². The smallest absolute Gasteiger partial charge is 0.255 e. The van der Waals surface area contributed by atoms with Crippen LogP contribution in [-0.4, -0.2) is 57.8 Å². The highest BCUT2D eigenvalue weighted by molar-refractivity contribution is 6.33. The van der Waals surface area contributed by atoms with Gasteiger partial charge in [0.1, 0.15) is 5.82 Å². The fourth-order valence-corrected chi connectivity index (χ4v) is 3.58. The highest BCUT2D eigenvalue weighted by atomic mass is 35.5. The van der Waals surface area contributed by atoms with Crippen molar-refractivity contribution < 1.29 is 13.9 Å². The van der Waals surface area contributed by atoms with Crippen molar-refractivity contribution in [2.75, 3.05) is 51.8 Å². The summed E-state index contributed by atoms with van der Waals surface area (Å²) in [6.45, 7) is 3.20. The molecule has 28 heavy (non-hydrogen) atoms. The maximum atomic E-state index is 14.0. The van der Waals surface area contributed by atoms with Crippen LogP contribution in [0, 0.1) is 5.82 Å². The third kappa shape index (κ3) is 4.82. The molecule has 1 aliphatic rings. The molecule has 0 unspecified atom stereocenters. The van der Waals surface area contributed by atoms with E-state index in [1.807, 2.05) is 19.0 Å². The van der Waals surface area contributed by atoms with Crippen LogP contribution in [0.4, 0.5) is 10.1 Å². The number of ether oxygens (including phenoxy) is 1. The van der Waals surface area contributed by atoms with E-state index in [1.165, 1.54) is 18.2 Å². The average molecular weight is 406 g/mol. The molecular weight excluding hydrogens is 381 g/mol. The molecule has 1 amide bonds. The van der Waals surface area contributed by atoms with E-state index in [9.17, 15) is 9.18 Å². The van der Waals surface area contributed by atoms with E-state index in [1.54, 1.807) is 0 Å². The first-order valence-corrected chi connectivity index (χ1v) is 9.66. The normalized spacial score (nSPS) is 15.9. The second kappa shape index (κ2) is 9.37. The second-order valence-corrected chi connectivity index (χ2v) is 7.36. The number of carbonyl (C=O) groups excluding carboxylic acids is 1. The number of halogens is 2. The molecule has 1 heterocycles. The van der Waals surface area contributed by atoms with E-state index < -0.39 is 11.7 Å². The van der Waals surface area contributed by atoms with Crippen molar-refractivity contribution in [2.24, 2.45) is 0 Å². The zero-order valence-electron chi connectivity index (χ0n) is 16.1. The predicted molar refractivity (Wildman–Crippen MR) is 110 cm³/mol. The molecule has 0 aliphatic carbocycles. The maximum Gasteiger partial charge on any atom is 0.255 e. The summed E-state index contributed by atoms with van der Waals surface area (Å²) in [5.41, 5.74) is 2.08. The minimum atomic E-state index is -0.622. The highest BCUT2D eigenvalue weighted by Gasteiger charge is 2.24. The number of amides is 1. The molecule has 0 aromatic heterocycles. The van der Waals surface area contributed by atoms with Gasteiger partial charge in [0.2, 0.25) is 0 Å². The molecule has 1 aliphatic heterocycles. The van der Waals surface area contributed by atoms with Gasteiger partial charge >= 0.3 is 0 Å². The van der Waals surface area contributed by atoms with Crippen LogP contribution in [0.5, 0.6) is 0 Å². The fourth-order valence-electron chi connectivity index (χ4n) is 3.33. The number of nitrogens with one attached hydrogen (secondary N) is 1. The van der Waals surface area contributed by atoms with Gasteiger partial charge in [-0.15, -0.1) is 0 Å². The molecule has 1 N–H and O–H groups in total. The molecule has 0 spiro atoms. The summed E-state index contributed by atoms with van der Waals surface area (Å²) in [5.74, 6) is -1.13. The van der Waals surface area contributed by atoms with E-state index in [-0.39, 0.29) is 16.6 Å². The number of carbonyl (C=O) groups is 1. The topological polar surface area (TPSA) is 44.8 Å². The first kappa shape index (κ1) is 20.6. The molecule has 7 heteroatoms. The quantitative estimate of drug-likeness (QED) is 0.800. The van der Waals surface area contributed by atoms with Crippen LogP contribution in [0.2, 0.25) is 5.02 Å².